The van der Waals surface area contributed by atoms with Crippen LogP contribution in [0.3, 0.4) is 0 Å². The number of alkyl halides is 3. The summed E-state index contributed by atoms with van der Waals surface area (Å²) < 4.78 is 43.9. The fraction of sp³-hybridized carbons (Fsp3) is 0.263. The van der Waals surface area contributed by atoms with E-state index in [2.05, 4.69) is 9.97 Å². The minimum absolute atomic E-state index is 0.0853. The van der Waals surface area contributed by atoms with Crippen molar-refractivity contribution in [3.63, 3.8) is 0 Å². The molecule has 2 aromatic heterocycles. The SMILES string of the molecule is O=C(c1ccc2[nH]ccc2c1)N1CCC(Oc2cc(C(F)(F)F)ccn2)C1. The number of hydrogen-bond acceptors (Lipinski definition) is 3. The van der Waals surface area contributed by atoms with Gasteiger partial charge in [0.05, 0.1) is 12.1 Å². The molecule has 0 radical (unpaired) electrons. The van der Waals surface area contributed by atoms with Crippen LogP contribution in [0.2, 0.25) is 0 Å². The summed E-state index contributed by atoms with van der Waals surface area (Å²) in [6.45, 7) is 0.787. The van der Waals surface area contributed by atoms with Crippen LogP contribution in [-0.4, -0.2) is 40.0 Å². The molecule has 8 heteroatoms. The number of ether oxygens (including phenoxy) is 1. The van der Waals surface area contributed by atoms with Crippen LogP contribution in [-0.2, 0) is 6.18 Å². The molecule has 3 aromatic rings. The number of aromatic nitrogens is 2. The number of carbonyl (C=O) groups excluding carboxylic acids is 1. The van der Waals surface area contributed by atoms with E-state index in [0.717, 1.165) is 29.2 Å². The average Bonchev–Trinajstić information content (AvgIpc) is 3.29. The molecule has 1 aliphatic heterocycles. The lowest BCUT2D eigenvalue weighted by molar-refractivity contribution is -0.137. The zero-order valence-corrected chi connectivity index (χ0v) is 14.2. The monoisotopic (exact) mass is 375 g/mol. The summed E-state index contributed by atoms with van der Waals surface area (Å²) in [6, 6.07) is 9.08. The molecule has 0 aliphatic carbocycles. The Kier molecular flexibility index (Phi) is 4.25. The van der Waals surface area contributed by atoms with Gasteiger partial charge in [-0.05, 0) is 30.3 Å². The van der Waals surface area contributed by atoms with E-state index >= 15 is 0 Å². The van der Waals surface area contributed by atoms with Crippen LogP contribution in [0, 0.1) is 0 Å². The van der Waals surface area contributed by atoms with Gasteiger partial charge in [0.15, 0.2) is 0 Å². The molecule has 27 heavy (non-hydrogen) atoms. The number of pyridine rings is 1. The van der Waals surface area contributed by atoms with Crippen molar-refractivity contribution in [3.8, 4) is 5.88 Å². The second kappa shape index (κ2) is 6.61. The lowest BCUT2D eigenvalue weighted by Gasteiger charge is -2.17. The van der Waals surface area contributed by atoms with Crippen molar-refractivity contribution in [2.24, 2.45) is 0 Å². The highest BCUT2D eigenvalue weighted by molar-refractivity contribution is 5.98. The maximum atomic E-state index is 12.8. The number of halogens is 3. The van der Waals surface area contributed by atoms with E-state index in [1.54, 1.807) is 17.2 Å². The highest BCUT2D eigenvalue weighted by Crippen LogP contribution is 2.31. The Morgan fingerprint density at radius 3 is 2.89 bits per heavy atom. The van der Waals surface area contributed by atoms with Crippen LogP contribution in [0.5, 0.6) is 5.88 Å². The molecule has 140 valence electrons. The molecule has 0 saturated carbocycles. The highest BCUT2D eigenvalue weighted by atomic mass is 19.4. The normalized spacial score (nSPS) is 17.4. The second-order valence-electron chi connectivity index (χ2n) is 6.44. The number of amides is 1. The van der Waals surface area contributed by atoms with Crippen LogP contribution >= 0.6 is 0 Å². The van der Waals surface area contributed by atoms with Crippen LogP contribution in [0.25, 0.3) is 10.9 Å². The number of benzene rings is 1. The largest absolute Gasteiger partial charge is 0.472 e. The molecule has 1 N–H and O–H groups in total. The minimum Gasteiger partial charge on any atom is -0.472 e. The summed E-state index contributed by atoms with van der Waals surface area (Å²) >= 11 is 0. The molecule has 1 atom stereocenters. The van der Waals surface area contributed by atoms with Crippen molar-refractivity contribution < 1.29 is 22.7 Å². The van der Waals surface area contributed by atoms with Gasteiger partial charge in [0.25, 0.3) is 5.91 Å². The summed E-state index contributed by atoms with van der Waals surface area (Å²) in [5.74, 6) is -0.209. The van der Waals surface area contributed by atoms with Gasteiger partial charge in [-0.25, -0.2) is 4.98 Å². The number of carbonyl (C=O) groups is 1. The summed E-state index contributed by atoms with van der Waals surface area (Å²) in [5.41, 5.74) is 0.711. The first kappa shape index (κ1) is 17.4. The van der Waals surface area contributed by atoms with Gasteiger partial charge in [-0.15, -0.1) is 0 Å². The number of H-pyrrole nitrogens is 1. The van der Waals surface area contributed by atoms with E-state index in [9.17, 15) is 18.0 Å². The van der Waals surface area contributed by atoms with Gasteiger partial charge in [-0.1, -0.05) is 0 Å². The molecule has 5 nitrogen and oxygen atoms in total. The van der Waals surface area contributed by atoms with Gasteiger partial charge in [-0.3, -0.25) is 4.79 Å². The molecule has 1 fully saturated rings. The second-order valence-corrected chi connectivity index (χ2v) is 6.44. The van der Waals surface area contributed by atoms with E-state index in [0.29, 0.717) is 25.1 Å². The van der Waals surface area contributed by atoms with Gasteiger partial charge < -0.3 is 14.6 Å². The third-order valence-electron chi connectivity index (χ3n) is 4.58. The first-order chi connectivity index (χ1) is 12.9. The Balaban J connectivity index is 1.43. The number of nitrogens with one attached hydrogen (secondary N) is 1. The lowest BCUT2D eigenvalue weighted by atomic mass is 10.1. The molecule has 4 rings (SSSR count). The smallest absolute Gasteiger partial charge is 0.416 e. The Labute approximate surface area is 152 Å². The predicted molar refractivity (Wildman–Crippen MR) is 92.5 cm³/mol. The van der Waals surface area contributed by atoms with Gasteiger partial charge in [0.2, 0.25) is 5.88 Å². The molecule has 1 unspecified atom stereocenters. The van der Waals surface area contributed by atoms with Crippen molar-refractivity contribution in [1.29, 1.82) is 0 Å². The summed E-state index contributed by atoms with van der Waals surface area (Å²) in [6.07, 6.45) is -1.42. The maximum absolute atomic E-state index is 12.8. The van der Waals surface area contributed by atoms with Crippen molar-refractivity contribution in [1.82, 2.24) is 14.9 Å². The Hall–Kier alpha value is -3.03. The molecular formula is C19H16F3N3O2. The van der Waals surface area contributed by atoms with Gasteiger partial charge in [-0.2, -0.15) is 13.2 Å². The Morgan fingerprint density at radius 2 is 2.07 bits per heavy atom. The van der Waals surface area contributed by atoms with Crippen molar-refractivity contribution in [2.75, 3.05) is 13.1 Å². The fourth-order valence-electron chi connectivity index (χ4n) is 3.20. The Bertz CT molecular complexity index is 983. The number of nitrogens with zero attached hydrogens (tertiary/aromatic N) is 2. The summed E-state index contributed by atoms with van der Waals surface area (Å²) in [5, 5.41) is 0.945. The first-order valence-electron chi connectivity index (χ1n) is 8.46. The molecule has 1 aromatic carbocycles. The highest BCUT2D eigenvalue weighted by Gasteiger charge is 2.32. The first-order valence-corrected chi connectivity index (χ1v) is 8.46. The Morgan fingerprint density at radius 1 is 1.22 bits per heavy atom. The zero-order chi connectivity index (χ0) is 19.0. The average molecular weight is 375 g/mol. The van der Waals surface area contributed by atoms with Crippen LogP contribution in [0.4, 0.5) is 13.2 Å². The fourth-order valence-corrected chi connectivity index (χ4v) is 3.20. The van der Waals surface area contributed by atoms with Gasteiger partial charge in [0, 0.05) is 47.9 Å². The zero-order valence-electron chi connectivity index (χ0n) is 14.2. The maximum Gasteiger partial charge on any atom is 0.416 e. The van der Waals surface area contributed by atoms with E-state index in [1.807, 2.05) is 18.2 Å². The number of fused-ring (bicyclic) bond motifs is 1. The molecule has 0 spiro atoms. The summed E-state index contributed by atoms with van der Waals surface area (Å²) in [4.78, 5) is 21.3. The van der Waals surface area contributed by atoms with Gasteiger partial charge >= 0.3 is 6.18 Å². The quantitative estimate of drug-likeness (QED) is 0.756. The number of likely N-dealkylation sites (tertiary alicyclic amines) is 1. The van der Waals surface area contributed by atoms with Crippen molar-refractivity contribution in [3.05, 3.63) is 59.9 Å². The number of rotatable bonds is 3. The van der Waals surface area contributed by atoms with Crippen LogP contribution < -0.4 is 4.74 Å². The number of aromatic amines is 1. The molecular weight excluding hydrogens is 359 g/mol. The third-order valence-corrected chi connectivity index (χ3v) is 4.58. The van der Waals surface area contributed by atoms with E-state index in [-0.39, 0.29) is 17.9 Å². The third kappa shape index (κ3) is 3.60. The van der Waals surface area contributed by atoms with Crippen molar-refractivity contribution in [2.45, 2.75) is 18.7 Å². The van der Waals surface area contributed by atoms with Crippen molar-refractivity contribution >= 4 is 16.8 Å². The minimum atomic E-state index is -4.45. The molecule has 1 amide bonds. The number of hydrogen-bond donors (Lipinski definition) is 1. The standard InChI is InChI=1S/C19H16F3N3O2/c20-19(21,22)14-4-7-24-17(10-14)27-15-5-8-25(11-15)18(26)13-1-2-16-12(9-13)3-6-23-16/h1-4,6-7,9-10,15,23H,5,8,11H2. The van der Waals surface area contributed by atoms with Crippen LogP contribution in [0.15, 0.2) is 48.8 Å². The van der Waals surface area contributed by atoms with E-state index in [4.69, 9.17) is 4.74 Å². The molecule has 3 heterocycles. The van der Waals surface area contributed by atoms with E-state index < -0.39 is 11.7 Å². The molecule has 1 saturated heterocycles. The predicted octanol–water partition coefficient (Wildman–Crippen LogP) is 3.88. The lowest BCUT2D eigenvalue weighted by Crippen LogP contribution is -2.31. The van der Waals surface area contributed by atoms with Crippen LogP contribution in [0.1, 0.15) is 22.3 Å². The van der Waals surface area contributed by atoms with E-state index in [1.165, 1.54) is 0 Å². The topological polar surface area (TPSA) is 58.2 Å². The summed E-state index contributed by atoms with van der Waals surface area (Å²) in [7, 11) is 0. The van der Waals surface area contributed by atoms with Gasteiger partial charge in [0.1, 0.15) is 6.10 Å². The molecule has 1 aliphatic rings. The molecule has 0 bridgehead atoms.